The Morgan fingerprint density at radius 1 is 1.20 bits per heavy atom. The van der Waals surface area contributed by atoms with E-state index in [4.69, 9.17) is 5.73 Å². The van der Waals surface area contributed by atoms with Crippen LogP contribution in [0.1, 0.15) is 26.7 Å². The van der Waals surface area contributed by atoms with E-state index in [-0.39, 0.29) is 6.54 Å². The van der Waals surface area contributed by atoms with Gasteiger partial charge in [0.15, 0.2) is 0 Å². The third kappa shape index (κ3) is 3.13. The molecule has 0 aromatic rings. The van der Waals surface area contributed by atoms with E-state index in [0.717, 1.165) is 0 Å². The van der Waals surface area contributed by atoms with Crippen LogP contribution >= 0.6 is 0 Å². The molecule has 1 fully saturated rings. The molecule has 1 rings (SSSR count). The monoisotopic (exact) mass is 284 g/mol. The van der Waals surface area contributed by atoms with Crippen LogP contribution in [0.15, 0.2) is 0 Å². The molecule has 0 radical (unpaired) electrons. The second-order valence-corrected chi connectivity index (χ2v) is 4.88. The molecule has 8 nitrogen and oxygen atoms in total. The maximum Gasteiger partial charge on any atom is 0.334 e. The van der Waals surface area contributed by atoms with Gasteiger partial charge in [0.1, 0.15) is 6.54 Å². The molecule has 0 aromatic heterocycles. The van der Waals surface area contributed by atoms with Crippen molar-refractivity contribution in [3.63, 3.8) is 0 Å². The second kappa shape index (κ2) is 6.00. The topological polar surface area (TPSA) is 113 Å². The highest BCUT2D eigenvalue weighted by Gasteiger charge is 2.43. The zero-order valence-corrected chi connectivity index (χ0v) is 11.9. The molecule has 0 unspecified atom stereocenters. The molecule has 0 bridgehead atoms. The fourth-order valence-corrected chi connectivity index (χ4v) is 1.73. The van der Waals surface area contributed by atoms with E-state index in [1.165, 1.54) is 7.05 Å². The highest BCUT2D eigenvalue weighted by Crippen LogP contribution is 2.11. The van der Waals surface area contributed by atoms with Crippen molar-refractivity contribution in [2.24, 2.45) is 5.73 Å². The summed E-state index contributed by atoms with van der Waals surface area (Å²) < 4.78 is 0. The number of nitrogens with two attached hydrogens (primary N) is 1. The van der Waals surface area contributed by atoms with Crippen LogP contribution in [0.5, 0.6) is 0 Å². The van der Waals surface area contributed by atoms with Gasteiger partial charge in [-0.3, -0.25) is 19.3 Å². The van der Waals surface area contributed by atoms with Gasteiger partial charge in [-0.05, 0) is 12.8 Å². The summed E-state index contributed by atoms with van der Waals surface area (Å²) in [4.78, 5) is 47.4. The van der Waals surface area contributed by atoms with Gasteiger partial charge in [-0.15, -0.1) is 0 Å². The van der Waals surface area contributed by atoms with Gasteiger partial charge in [0.2, 0.25) is 5.91 Å². The van der Waals surface area contributed by atoms with Crippen LogP contribution < -0.4 is 11.1 Å². The number of nitrogens with one attached hydrogen (secondary N) is 1. The number of likely N-dealkylation sites (N-methyl/N-ethyl adjacent to an activating group) is 1. The van der Waals surface area contributed by atoms with Crippen LogP contribution in [-0.2, 0) is 14.4 Å². The lowest BCUT2D eigenvalue weighted by Crippen LogP contribution is -2.51. The van der Waals surface area contributed by atoms with E-state index in [1.807, 2.05) is 13.8 Å². The van der Waals surface area contributed by atoms with E-state index >= 15 is 0 Å². The Hall–Kier alpha value is -1.96. The largest absolute Gasteiger partial charge is 0.353 e. The van der Waals surface area contributed by atoms with E-state index in [1.54, 1.807) is 0 Å². The van der Waals surface area contributed by atoms with Crippen molar-refractivity contribution in [1.29, 1.82) is 0 Å². The lowest BCUT2D eigenvalue weighted by atomic mass is 9.94. The molecule has 0 atom stereocenters. The first-order valence-electron chi connectivity index (χ1n) is 6.45. The average molecular weight is 284 g/mol. The van der Waals surface area contributed by atoms with Gasteiger partial charge in [0.25, 0.3) is 0 Å². The number of urea groups is 1. The van der Waals surface area contributed by atoms with Gasteiger partial charge in [-0.25, -0.2) is 9.69 Å². The molecule has 0 saturated carbocycles. The minimum atomic E-state index is -0.988. The molecule has 3 N–H and O–H groups in total. The third-order valence-corrected chi connectivity index (χ3v) is 3.60. The Morgan fingerprint density at radius 2 is 1.75 bits per heavy atom. The molecule has 1 saturated heterocycles. The summed E-state index contributed by atoms with van der Waals surface area (Å²) in [6.45, 7) is 3.60. The Bertz CT molecular complexity index is 445. The molecule has 5 amide bonds. The molecular formula is C12H20N4O4. The number of imide groups is 2. The summed E-state index contributed by atoms with van der Waals surface area (Å²) in [5.74, 6) is -2.44. The maximum atomic E-state index is 11.7. The van der Waals surface area contributed by atoms with Crippen LogP contribution in [0.25, 0.3) is 0 Å². The summed E-state index contributed by atoms with van der Waals surface area (Å²) in [7, 11) is 1.19. The molecule has 112 valence electrons. The first-order chi connectivity index (χ1) is 9.25. The van der Waals surface area contributed by atoms with Gasteiger partial charge < -0.3 is 11.1 Å². The van der Waals surface area contributed by atoms with Gasteiger partial charge in [0.05, 0.1) is 0 Å². The van der Waals surface area contributed by atoms with Gasteiger partial charge >= 0.3 is 17.8 Å². The molecule has 1 aliphatic heterocycles. The van der Waals surface area contributed by atoms with Crippen molar-refractivity contribution in [2.45, 2.75) is 32.2 Å². The van der Waals surface area contributed by atoms with Crippen molar-refractivity contribution in [2.75, 3.05) is 20.1 Å². The molecular weight excluding hydrogens is 264 g/mol. The summed E-state index contributed by atoms with van der Waals surface area (Å²) in [6.07, 6.45) is 1.37. The predicted octanol–water partition coefficient (Wildman–Crippen LogP) is -0.959. The Labute approximate surface area is 117 Å². The van der Waals surface area contributed by atoms with Crippen molar-refractivity contribution in [3.8, 4) is 0 Å². The third-order valence-electron chi connectivity index (χ3n) is 3.60. The molecule has 0 spiro atoms. The van der Waals surface area contributed by atoms with Gasteiger partial charge in [-0.1, -0.05) is 13.8 Å². The average Bonchev–Trinajstić information content (AvgIpc) is 2.62. The first kappa shape index (κ1) is 16.1. The van der Waals surface area contributed by atoms with E-state index in [2.05, 4.69) is 5.32 Å². The molecule has 0 aromatic carbocycles. The number of carbonyl (C=O) groups is 4. The van der Waals surface area contributed by atoms with E-state index in [9.17, 15) is 19.2 Å². The Morgan fingerprint density at radius 3 is 2.15 bits per heavy atom. The maximum absolute atomic E-state index is 11.7. The number of hydrogen-bond acceptors (Lipinski definition) is 5. The van der Waals surface area contributed by atoms with Crippen molar-refractivity contribution < 1.29 is 19.2 Å². The highest BCUT2D eigenvalue weighted by atomic mass is 16.2. The van der Waals surface area contributed by atoms with Gasteiger partial charge in [0, 0.05) is 19.1 Å². The second-order valence-electron chi connectivity index (χ2n) is 4.88. The van der Waals surface area contributed by atoms with E-state index in [0.29, 0.717) is 22.6 Å². The number of nitrogens with zero attached hydrogens (tertiary/aromatic N) is 2. The smallest absolute Gasteiger partial charge is 0.334 e. The zero-order valence-electron chi connectivity index (χ0n) is 11.9. The highest BCUT2D eigenvalue weighted by molar-refractivity contribution is 6.44. The SMILES string of the molecule is CCC(N)(CC)CNC(=O)CN1C(=O)C(=O)N(C)C1=O. The van der Waals surface area contributed by atoms with Crippen LogP contribution in [0.3, 0.4) is 0 Å². The fourth-order valence-electron chi connectivity index (χ4n) is 1.73. The fraction of sp³-hybridized carbons (Fsp3) is 0.667. The minimum absolute atomic E-state index is 0.249. The minimum Gasteiger partial charge on any atom is -0.353 e. The Balaban J connectivity index is 2.58. The molecule has 8 heteroatoms. The van der Waals surface area contributed by atoms with Gasteiger partial charge in [-0.2, -0.15) is 0 Å². The van der Waals surface area contributed by atoms with Crippen LogP contribution in [0.2, 0.25) is 0 Å². The normalized spacial score (nSPS) is 16.1. The standard InChI is InChI=1S/C12H20N4O4/c1-4-12(13,5-2)7-14-8(17)6-16-10(19)9(18)15(3)11(16)20/h4-7,13H2,1-3H3,(H,14,17). The van der Waals surface area contributed by atoms with Crippen molar-refractivity contribution >= 4 is 23.8 Å². The summed E-state index contributed by atoms with van der Waals surface area (Å²) in [6, 6.07) is -0.792. The number of hydrogen-bond donors (Lipinski definition) is 2. The quantitative estimate of drug-likeness (QED) is 0.482. The molecule has 1 heterocycles. The summed E-state index contributed by atoms with van der Waals surface area (Å²) in [5.41, 5.74) is 5.51. The molecule has 0 aliphatic carbocycles. The first-order valence-corrected chi connectivity index (χ1v) is 6.45. The molecule has 20 heavy (non-hydrogen) atoms. The summed E-state index contributed by atoms with van der Waals surface area (Å²) in [5, 5.41) is 2.58. The lowest BCUT2D eigenvalue weighted by molar-refractivity contribution is -0.143. The number of carbonyl (C=O) groups excluding carboxylic acids is 4. The molecule has 1 aliphatic rings. The van der Waals surface area contributed by atoms with Crippen molar-refractivity contribution in [1.82, 2.24) is 15.1 Å². The summed E-state index contributed by atoms with van der Waals surface area (Å²) >= 11 is 0. The predicted molar refractivity (Wildman–Crippen MR) is 70.4 cm³/mol. The zero-order chi connectivity index (χ0) is 15.5. The lowest BCUT2D eigenvalue weighted by Gasteiger charge is -2.27. The number of rotatable bonds is 6. The Kier molecular flexibility index (Phi) is 4.83. The van der Waals surface area contributed by atoms with Crippen LogP contribution in [-0.4, -0.2) is 59.2 Å². The van der Waals surface area contributed by atoms with Crippen LogP contribution in [0.4, 0.5) is 4.79 Å². The number of amides is 5. The van der Waals surface area contributed by atoms with E-state index < -0.39 is 35.8 Å². The van der Waals surface area contributed by atoms with Crippen molar-refractivity contribution in [3.05, 3.63) is 0 Å². The van der Waals surface area contributed by atoms with Crippen LogP contribution in [0, 0.1) is 0 Å².